The zero-order valence-corrected chi connectivity index (χ0v) is 17.3. The van der Waals surface area contributed by atoms with Gasteiger partial charge in [0.2, 0.25) is 5.91 Å². The number of carbonyl (C=O) groups excluding carboxylic acids is 1. The number of anilines is 1. The molecule has 1 aromatic heterocycles. The van der Waals surface area contributed by atoms with Crippen LogP contribution in [0.1, 0.15) is 11.1 Å². The van der Waals surface area contributed by atoms with Gasteiger partial charge in [-0.25, -0.2) is 9.37 Å². The zero-order chi connectivity index (χ0) is 20.2. The molecule has 0 unspecified atom stereocenters. The fraction of sp³-hybridized carbons (Fsp3) is 0.364. The molecule has 5 nitrogen and oxygen atoms in total. The Labute approximate surface area is 173 Å². The number of aromatic nitrogens is 1. The van der Waals surface area contributed by atoms with Crippen LogP contribution in [0.2, 0.25) is 0 Å². The predicted octanol–water partition coefficient (Wildman–Crippen LogP) is 3.65. The average molecular weight is 414 g/mol. The molecular weight excluding hydrogens is 389 g/mol. The number of aryl methyl sites for hydroxylation is 1. The highest BCUT2D eigenvalue weighted by atomic mass is 32.1. The molecule has 2 aromatic carbocycles. The number of nitrogens with zero attached hydrogens (tertiary/aromatic N) is 3. The predicted molar refractivity (Wildman–Crippen MR) is 114 cm³/mol. The van der Waals surface area contributed by atoms with E-state index in [1.165, 1.54) is 29.0 Å². The number of fused-ring (bicyclic) bond motifs is 1. The molecule has 0 aliphatic carbocycles. The number of halogens is 1. The van der Waals surface area contributed by atoms with Crippen LogP contribution in [0, 0.1) is 12.7 Å². The van der Waals surface area contributed by atoms with Crippen molar-refractivity contribution in [1.82, 2.24) is 9.88 Å². The molecule has 1 aliphatic rings. The molecule has 1 fully saturated rings. The summed E-state index contributed by atoms with van der Waals surface area (Å²) < 4.78 is 19.7. The van der Waals surface area contributed by atoms with E-state index >= 15 is 0 Å². The Morgan fingerprint density at radius 1 is 1.21 bits per heavy atom. The van der Waals surface area contributed by atoms with Gasteiger partial charge in [0, 0.05) is 26.2 Å². The summed E-state index contributed by atoms with van der Waals surface area (Å²) in [6, 6.07) is 12.2. The minimum Gasteiger partial charge on any atom is -0.379 e. The van der Waals surface area contributed by atoms with E-state index in [9.17, 15) is 9.18 Å². The highest BCUT2D eigenvalue weighted by Crippen LogP contribution is 2.30. The van der Waals surface area contributed by atoms with Gasteiger partial charge in [0.05, 0.1) is 29.9 Å². The van der Waals surface area contributed by atoms with Gasteiger partial charge in [-0.3, -0.25) is 14.6 Å². The first-order chi connectivity index (χ1) is 14.1. The van der Waals surface area contributed by atoms with Crippen molar-refractivity contribution >= 4 is 32.6 Å². The standard InChI is InChI=1S/C22H24FN3O2S/c1-16-2-7-19-20(14-16)29-22(24-19)26(9-8-25-10-12-28-13-11-25)21(27)15-17-3-5-18(23)6-4-17/h2-7,14H,8-13,15H2,1H3. The highest BCUT2D eigenvalue weighted by molar-refractivity contribution is 7.22. The smallest absolute Gasteiger partial charge is 0.233 e. The van der Waals surface area contributed by atoms with Crippen LogP contribution in [0.3, 0.4) is 0 Å². The normalized spacial score (nSPS) is 15.0. The van der Waals surface area contributed by atoms with Gasteiger partial charge in [-0.05, 0) is 42.3 Å². The van der Waals surface area contributed by atoms with Gasteiger partial charge in [-0.2, -0.15) is 0 Å². The first kappa shape index (κ1) is 19.9. The zero-order valence-electron chi connectivity index (χ0n) is 16.4. The molecule has 1 aliphatic heterocycles. The number of morpholine rings is 1. The maximum atomic E-state index is 13.2. The number of rotatable bonds is 6. The molecule has 29 heavy (non-hydrogen) atoms. The van der Waals surface area contributed by atoms with Crippen LogP contribution < -0.4 is 4.90 Å². The van der Waals surface area contributed by atoms with Crippen molar-refractivity contribution in [2.75, 3.05) is 44.3 Å². The van der Waals surface area contributed by atoms with E-state index in [2.05, 4.69) is 17.9 Å². The van der Waals surface area contributed by atoms with Crippen molar-refractivity contribution < 1.29 is 13.9 Å². The van der Waals surface area contributed by atoms with Gasteiger partial charge in [0.15, 0.2) is 5.13 Å². The van der Waals surface area contributed by atoms with E-state index in [0.717, 1.165) is 48.6 Å². The summed E-state index contributed by atoms with van der Waals surface area (Å²) in [5.41, 5.74) is 2.87. The molecule has 0 spiro atoms. The van der Waals surface area contributed by atoms with Crippen molar-refractivity contribution in [2.24, 2.45) is 0 Å². The van der Waals surface area contributed by atoms with Gasteiger partial charge in [0.25, 0.3) is 0 Å². The van der Waals surface area contributed by atoms with Crippen LogP contribution in [-0.4, -0.2) is 55.2 Å². The molecule has 0 radical (unpaired) electrons. The van der Waals surface area contributed by atoms with E-state index in [-0.39, 0.29) is 18.1 Å². The lowest BCUT2D eigenvalue weighted by molar-refractivity contribution is -0.118. The van der Waals surface area contributed by atoms with Crippen LogP contribution in [-0.2, 0) is 16.0 Å². The Morgan fingerprint density at radius 3 is 2.72 bits per heavy atom. The molecular formula is C22H24FN3O2S. The molecule has 4 rings (SSSR count). The largest absolute Gasteiger partial charge is 0.379 e. The molecule has 2 heterocycles. The summed E-state index contributed by atoms with van der Waals surface area (Å²) in [6.45, 7) is 6.59. The molecule has 0 bridgehead atoms. The van der Waals surface area contributed by atoms with Crippen molar-refractivity contribution in [3.63, 3.8) is 0 Å². The summed E-state index contributed by atoms with van der Waals surface area (Å²) in [5.74, 6) is -0.326. The number of hydrogen-bond acceptors (Lipinski definition) is 5. The minimum atomic E-state index is -0.299. The minimum absolute atomic E-state index is 0.0272. The Kier molecular flexibility index (Phi) is 6.18. The first-order valence-electron chi connectivity index (χ1n) is 9.80. The van der Waals surface area contributed by atoms with Gasteiger partial charge in [0.1, 0.15) is 5.82 Å². The van der Waals surface area contributed by atoms with Crippen molar-refractivity contribution in [2.45, 2.75) is 13.3 Å². The Hall–Kier alpha value is -2.35. The third-order valence-corrected chi connectivity index (χ3v) is 6.12. The third kappa shape index (κ3) is 4.98. The molecule has 0 N–H and O–H groups in total. The van der Waals surface area contributed by atoms with Crippen LogP contribution in [0.15, 0.2) is 42.5 Å². The SMILES string of the molecule is Cc1ccc2nc(N(CCN3CCOCC3)C(=O)Cc3ccc(F)cc3)sc2c1. The topological polar surface area (TPSA) is 45.7 Å². The van der Waals surface area contributed by atoms with E-state index in [1.54, 1.807) is 17.0 Å². The summed E-state index contributed by atoms with van der Waals surface area (Å²) in [7, 11) is 0. The van der Waals surface area contributed by atoms with E-state index in [0.29, 0.717) is 11.7 Å². The molecule has 7 heteroatoms. The number of amides is 1. The summed E-state index contributed by atoms with van der Waals surface area (Å²) in [4.78, 5) is 22.0. The molecule has 1 amide bonds. The van der Waals surface area contributed by atoms with E-state index < -0.39 is 0 Å². The lowest BCUT2D eigenvalue weighted by Crippen LogP contribution is -2.43. The van der Waals surface area contributed by atoms with Crippen molar-refractivity contribution in [3.8, 4) is 0 Å². The highest BCUT2D eigenvalue weighted by Gasteiger charge is 2.22. The summed E-state index contributed by atoms with van der Waals surface area (Å²) in [5, 5.41) is 0.714. The maximum Gasteiger partial charge on any atom is 0.233 e. The second kappa shape index (κ2) is 8.98. The van der Waals surface area contributed by atoms with E-state index in [4.69, 9.17) is 9.72 Å². The Balaban J connectivity index is 1.56. The number of thiazole rings is 1. The van der Waals surface area contributed by atoms with Crippen LogP contribution in [0.25, 0.3) is 10.2 Å². The Morgan fingerprint density at radius 2 is 1.97 bits per heavy atom. The number of carbonyl (C=O) groups is 1. The monoisotopic (exact) mass is 413 g/mol. The average Bonchev–Trinajstić information content (AvgIpc) is 3.13. The second-order valence-electron chi connectivity index (χ2n) is 7.27. The lowest BCUT2D eigenvalue weighted by Gasteiger charge is -2.29. The van der Waals surface area contributed by atoms with Crippen molar-refractivity contribution in [3.05, 3.63) is 59.4 Å². The van der Waals surface area contributed by atoms with Crippen LogP contribution in [0.5, 0.6) is 0 Å². The molecule has 1 saturated heterocycles. The van der Waals surface area contributed by atoms with Gasteiger partial charge >= 0.3 is 0 Å². The second-order valence-corrected chi connectivity index (χ2v) is 8.28. The third-order valence-electron chi connectivity index (χ3n) is 5.08. The maximum absolute atomic E-state index is 13.2. The van der Waals surface area contributed by atoms with Crippen LogP contribution >= 0.6 is 11.3 Å². The lowest BCUT2D eigenvalue weighted by atomic mass is 10.1. The van der Waals surface area contributed by atoms with Crippen molar-refractivity contribution in [1.29, 1.82) is 0 Å². The quantitative estimate of drug-likeness (QED) is 0.619. The number of benzene rings is 2. The molecule has 152 valence electrons. The van der Waals surface area contributed by atoms with E-state index in [1.807, 2.05) is 12.1 Å². The van der Waals surface area contributed by atoms with Gasteiger partial charge in [-0.15, -0.1) is 0 Å². The number of ether oxygens (including phenoxy) is 1. The van der Waals surface area contributed by atoms with Crippen LogP contribution in [0.4, 0.5) is 9.52 Å². The summed E-state index contributed by atoms with van der Waals surface area (Å²) >= 11 is 1.54. The molecule has 3 aromatic rings. The fourth-order valence-electron chi connectivity index (χ4n) is 3.40. The molecule has 0 saturated carbocycles. The molecule has 0 atom stereocenters. The van der Waals surface area contributed by atoms with Gasteiger partial charge < -0.3 is 4.74 Å². The first-order valence-corrected chi connectivity index (χ1v) is 10.6. The Bertz CT molecular complexity index is 983. The van der Waals surface area contributed by atoms with Gasteiger partial charge in [-0.1, -0.05) is 29.5 Å². The number of hydrogen-bond donors (Lipinski definition) is 0. The fourth-order valence-corrected chi connectivity index (χ4v) is 4.51. The summed E-state index contributed by atoms with van der Waals surface area (Å²) in [6.07, 6.45) is 0.221.